The van der Waals surface area contributed by atoms with Crippen molar-refractivity contribution < 1.29 is 30.0 Å². The van der Waals surface area contributed by atoms with Crippen LogP contribution in [0.4, 0.5) is 0 Å². The van der Waals surface area contributed by atoms with E-state index in [1.807, 2.05) is 67.0 Å². The Labute approximate surface area is 405 Å². The molecule has 0 amide bonds. The van der Waals surface area contributed by atoms with Gasteiger partial charge in [-0.2, -0.15) is 0 Å². The second kappa shape index (κ2) is 20.1. The monoisotopic (exact) mass is 1040 g/mol. The molecule has 1 radical (unpaired) electrons. The number of rotatable bonds is 12. The minimum absolute atomic E-state index is 0. The Hall–Kier alpha value is -7.82. The van der Waals surface area contributed by atoms with Crippen LogP contribution in [0.2, 0.25) is 0 Å². The Morgan fingerprint density at radius 3 is 1.87 bits per heavy atom. The second-order valence-corrected chi connectivity index (χ2v) is 16.4. The molecule has 0 aliphatic carbocycles. The summed E-state index contributed by atoms with van der Waals surface area (Å²) in [7, 11) is 0. The third-order valence-corrected chi connectivity index (χ3v) is 12.1. The standard InChI is InChI=1S/C62H44N2O2.Ir/c1-42(65)36-52(66)33-32-44-18-8-10-22-53(44)49-37-50(55-24-13-12-23-54(55)46-28-30-48(31-29-46)62-57-26-11-9-19-45(57)34-35-63-62)39-51(38-49)56-25-14-15-27-58(56)60-41-64-61(47-20-6-3-7-21-47)40-59(60)43-16-4-2-5-17-43;/h2-20,22-30,34-41,65H,32-33H2,1H3;/q-2;. The van der Waals surface area contributed by atoms with Gasteiger partial charge in [0.15, 0.2) is 5.78 Å². The SMILES string of the molecule is CC(O)=CC(=O)CCc1ccccc1-c1cc(-c2ccccc2-c2c[c-]c(-c3nccc4ccccc34)cc2)cc(-c2ccccc2-c2cnc(-c3[c-]cccc3)cc2-c2ccccc2)c1.[Ir]. The van der Waals surface area contributed by atoms with E-state index in [0.717, 1.165) is 106 Å². The maximum atomic E-state index is 12.8. The fourth-order valence-corrected chi connectivity index (χ4v) is 8.93. The van der Waals surface area contributed by atoms with Crippen molar-refractivity contribution in [3.63, 3.8) is 0 Å². The van der Waals surface area contributed by atoms with Gasteiger partial charge in [0, 0.05) is 50.6 Å². The molecule has 1 N–H and O–H groups in total. The second-order valence-electron chi connectivity index (χ2n) is 16.4. The van der Waals surface area contributed by atoms with Crippen LogP contribution in [0, 0.1) is 12.1 Å². The summed E-state index contributed by atoms with van der Waals surface area (Å²) in [4.78, 5) is 22.6. The van der Waals surface area contributed by atoms with Crippen LogP contribution in [-0.4, -0.2) is 20.9 Å². The Balaban J connectivity index is 0.00000562. The van der Waals surface area contributed by atoms with E-state index in [1.54, 1.807) is 0 Å². The van der Waals surface area contributed by atoms with Crippen molar-refractivity contribution in [1.29, 1.82) is 0 Å². The van der Waals surface area contributed by atoms with Crippen LogP contribution in [0.25, 0.3) is 100 Å². The van der Waals surface area contributed by atoms with E-state index in [9.17, 15) is 9.90 Å². The molecule has 8 aromatic carbocycles. The van der Waals surface area contributed by atoms with Gasteiger partial charge in [0.25, 0.3) is 0 Å². The molecule has 0 saturated heterocycles. The van der Waals surface area contributed by atoms with Crippen molar-refractivity contribution in [1.82, 2.24) is 9.97 Å². The smallest absolute Gasteiger partial charge is 0.159 e. The zero-order valence-corrected chi connectivity index (χ0v) is 39.2. The maximum absolute atomic E-state index is 12.8. The molecule has 67 heavy (non-hydrogen) atoms. The van der Waals surface area contributed by atoms with Crippen LogP contribution < -0.4 is 0 Å². The normalized spacial score (nSPS) is 11.3. The van der Waals surface area contributed by atoms with Crippen LogP contribution >= 0.6 is 0 Å². The molecule has 2 heterocycles. The molecule has 10 aromatic rings. The quantitative estimate of drug-likeness (QED) is 0.0752. The fourth-order valence-electron chi connectivity index (χ4n) is 8.93. The average molecular weight is 1040 g/mol. The number of ketones is 1. The number of hydrogen-bond donors (Lipinski definition) is 1. The van der Waals surface area contributed by atoms with Crippen LogP contribution in [-0.2, 0) is 31.3 Å². The topological polar surface area (TPSA) is 63.1 Å². The van der Waals surface area contributed by atoms with E-state index >= 15 is 0 Å². The number of aromatic nitrogens is 2. The first kappa shape index (κ1) is 44.4. The number of carbonyl (C=O) groups is 1. The fraction of sp³-hybridized carbons (Fsp3) is 0.0484. The predicted octanol–water partition coefficient (Wildman–Crippen LogP) is 15.5. The van der Waals surface area contributed by atoms with Crippen molar-refractivity contribution in [3.8, 4) is 89.3 Å². The molecule has 0 aliphatic rings. The van der Waals surface area contributed by atoms with Gasteiger partial charge in [-0.3, -0.25) is 4.79 Å². The van der Waals surface area contributed by atoms with Crippen molar-refractivity contribution in [2.24, 2.45) is 0 Å². The summed E-state index contributed by atoms with van der Waals surface area (Å²) in [5.41, 5.74) is 17.4. The van der Waals surface area contributed by atoms with Gasteiger partial charge in [0.1, 0.15) is 0 Å². The molecule has 5 heteroatoms. The minimum atomic E-state index is -0.111. The first-order valence-corrected chi connectivity index (χ1v) is 22.2. The summed E-state index contributed by atoms with van der Waals surface area (Å²) in [6.07, 6.45) is 5.97. The molecule has 0 atom stereocenters. The Kier molecular flexibility index (Phi) is 13.3. The number of fused-ring (bicyclic) bond motifs is 1. The minimum Gasteiger partial charge on any atom is -0.512 e. The van der Waals surface area contributed by atoms with E-state index in [-0.39, 0.29) is 38.1 Å². The van der Waals surface area contributed by atoms with Gasteiger partial charge in [-0.15, -0.1) is 65.7 Å². The van der Waals surface area contributed by atoms with Crippen LogP contribution in [0.15, 0.2) is 224 Å². The van der Waals surface area contributed by atoms with E-state index in [1.165, 1.54) is 13.0 Å². The summed E-state index contributed by atoms with van der Waals surface area (Å²) in [6, 6.07) is 76.5. The number of nitrogens with zero attached hydrogens (tertiary/aromatic N) is 2. The number of benzene rings is 8. The van der Waals surface area contributed by atoms with E-state index in [4.69, 9.17) is 9.97 Å². The van der Waals surface area contributed by atoms with Crippen molar-refractivity contribution >= 4 is 16.6 Å². The predicted molar refractivity (Wildman–Crippen MR) is 270 cm³/mol. The number of aliphatic hydroxyl groups excluding tert-OH is 1. The summed E-state index contributed by atoms with van der Waals surface area (Å²) in [5, 5.41) is 12.1. The molecule has 0 bridgehead atoms. The molecular weight excluding hydrogens is 997 g/mol. The van der Waals surface area contributed by atoms with Crippen molar-refractivity contribution in [2.75, 3.05) is 0 Å². The van der Waals surface area contributed by atoms with E-state index < -0.39 is 0 Å². The molecule has 0 spiro atoms. The zero-order valence-electron chi connectivity index (χ0n) is 36.8. The zero-order chi connectivity index (χ0) is 44.8. The van der Waals surface area contributed by atoms with E-state index in [2.05, 4.69) is 158 Å². The third-order valence-electron chi connectivity index (χ3n) is 12.1. The molecule has 0 unspecified atom stereocenters. The maximum Gasteiger partial charge on any atom is 0.159 e. The number of allylic oxidation sites excluding steroid dienone is 2. The van der Waals surface area contributed by atoms with Gasteiger partial charge in [-0.1, -0.05) is 145 Å². The molecule has 10 rings (SSSR count). The van der Waals surface area contributed by atoms with Gasteiger partial charge < -0.3 is 15.1 Å². The Morgan fingerprint density at radius 1 is 0.537 bits per heavy atom. The van der Waals surface area contributed by atoms with Crippen LogP contribution in [0.3, 0.4) is 0 Å². The van der Waals surface area contributed by atoms with Gasteiger partial charge in [-0.25, -0.2) is 0 Å². The van der Waals surface area contributed by atoms with Gasteiger partial charge in [0.05, 0.1) is 5.76 Å². The number of pyridine rings is 2. The van der Waals surface area contributed by atoms with Gasteiger partial charge in [0.2, 0.25) is 0 Å². The third kappa shape index (κ3) is 9.62. The Bertz CT molecular complexity index is 3390. The first-order valence-electron chi connectivity index (χ1n) is 22.2. The first-order chi connectivity index (χ1) is 32.5. The largest absolute Gasteiger partial charge is 0.512 e. The van der Waals surface area contributed by atoms with E-state index in [0.29, 0.717) is 6.42 Å². The number of hydrogen-bond acceptors (Lipinski definition) is 4. The number of aryl methyl sites for hydroxylation is 1. The van der Waals surface area contributed by atoms with Crippen molar-refractivity contribution in [3.05, 3.63) is 242 Å². The summed E-state index contributed by atoms with van der Waals surface area (Å²) >= 11 is 0. The van der Waals surface area contributed by atoms with Crippen LogP contribution in [0.1, 0.15) is 18.9 Å². The summed E-state index contributed by atoms with van der Waals surface area (Å²) in [5.74, 6) is -0.0979. The molecule has 2 aromatic heterocycles. The van der Waals surface area contributed by atoms with Gasteiger partial charge in [-0.05, 0) is 115 Å². The molecule has 0 fully saturated rings. The summed E-state index contributed by atoms with van der Waals surface area (Å²) in [6.45, 7) is 1.53. The van der Waals surface area contributed by atoms with Crippen molar-refractivity contribution in [2.45, 2.75) is 19.8 Å². The molecule has 4 nitrogen and oxygen atoms in total. The molecule has 0 aliphatic heterocycles. The summed E-state index contributed by atoms with van der Waals surface area (Å²) < 4.78 is 0. The molecular formula is C62H44IrN2O2-2. The Morgan fingerprint density at radius 2 is 1.16 bits per heavy atom. The van der Waals surface area contributed by atoms with Crippen LogP contribution in [0.5, 0.6) is 0 Å². The molecule has 325 valence electrons. The average Bonchev–Trinajstić information content (AvgIpc) is 3.38. The van der Waals surface area contributed by atoms with Gasteiger partial charge >= 0.3 is 0 Å². The molecule has 0 saturated carbocycles. The number of aliphatic hydroxyl groups is 1. The number of carbonyl (C=O) groups excluding carboxylic acids is 1.